The van der Waals surface area contributed by atoms with Crippen LogP contribution in [0, 0.1) is 0 Å². The van der Waals surface area contributed by atoms with Gasteiger partial charge in [0.05, 0.1) is 0 Å². The van der Waals surface area contributed by atoms with Crippen molar-refractivity contribution >= 4 is 16.9 Å². The van der Waals surface area contributed by atoms with E-state index in [0.717, 1.165) is 5.06 Å². The van der Waals surface area contributed by atoms with E-state index >= 15 is 0 Å². The molecule has 1 saturated heterocycles. The second-order valence-electron chi connectivity index (χ2n) is 7.98. The number of hydrogen-bond donors (Lipinski definition) is 1. The molecule has 0 spiro atoms. The number of rotatable bonds is 2. The second-order valence-corrected chi connectivity index (χ2v) is 7.98. The highest BCUT2D eigenvalue weighted by molar-refractivity contribution is 5.96. The highest BCUT2D eigenvalue weighted by Gasteiger charge is 2.46. The largest absolute Gasteiger partial charge is 0.422 e. The first-order valence-electron chi connectivity index (χ1n) is 8.41. The van der Waals surface area contributed by atoms with E-state index in [2.05, 4.69) is 5.32 Å². The third-order valence-corrected chi connectivity index (χ3v) is 4.81. The lowest BCUT2D eigenvalue weighted by Crippen LogP contribution is -2.62. The van der Waals surface area contributed by atoms with Crippen molar-refractivity contribution in [2.75, 3.05) is 0 Å². The van der Waals surface area contributed by atoms with Crippen LogP contribution in [-0.4, -0.2) is 28.1 Å². The first-order valence-corrected chi connectivity index (χ1v) is 8.41. The quantitative estimate of drug-likeness (QED) is 0.850. The molecule has 1 amide bonds. The van der Waals surface area contributed by atoms with Gasteiger partial charge in [-0.05, 0) is 52.7 Å². The second kappa shape index (κ2) is 5.97. The van der Waals surface area contributed by atoms with Crippen LogP contribution in [0.4, 0.5) is 0 Å². The van der Waals surface area contributed by atoms with Crippen LogP contribution in [0.15, 0.2) is 39.5 Å². The number of amides is 1. The van der Waals surface area contributed by atoms with E-state index in [4.69, 9.17) is 4.42 Å². The van der Waals surface area contributed by atoms with Crippen molar-refractivity contribution < 1.29 is 14.4 Å². The zero-order valence-electron chi connectivity index (χ0n) is 15.0. The van der Waals surface area contributed by atoms with Crippen LogP contribution in [0.3, 0.4) is 0 Å². The van der Waals surface area contributed by atoms with E-state index in [1.807, 2.05) is 33.8 Å². The van der Waals surface area contributed by atoms with Gasteiger partial charge in [0.1, 0.15) is 11.1 Å². The molecule has 6 nitrogen and oxygen atoms in total. The lowest BCUT2D eigenvalue weighted by atomic mass is 9.79. The fraction of sp³-hybridized carbons (Fsp3) is 0.474. The predicted molar refractivity (Wildman–Crippen MR) is 93.7 cm³/mol. The maximum absolute atomic E-state index is 12.6. The van der Waals surface area contributed by atoms with Crippen molar-refractivity contribution in [3.63, 3.8) is 0 Å². The lowest BCUT2D eigenvalue weighted by molar-refractivity contribution is -0.289. The van der Waals surface area contributed by atoms with Gasteiger partial charge in [-0.1, -0.05) is 18.2 Å². The molecule has 133 valence electrons. The minimum atomic E-state index is -0.656. The molecule has 1 aromatic carbocycles. The summed E-state index contributed by atoms with van der Waals surface area (Å²) in [5, 5.41) is 17.1. The number of carbonyl (C=O) groups is 1. The minimum Gasteiger partial charge on any atom is -0.422 e. The summed E-state index contributed by atoms with van der Waals surface area (Å²) >= 11 is 0. The summed E-state index contributed by atoms with van der Waals surface area (Å²) in [7, 11) is 0. The third kappa shape index (κ3) is 3.32. The summed E-state index contributed by atoms with van der Waals surface area (Å²) in [6, 6.07) is 8.43. The Hall–Kier alpha value is -2.18. The summed E-state index contributed by atoms with van der Waals surface area (Å²) in [6.45, 7) is 7.46. The molecule has 0 aliphatic carbocycles. The van der Waals surface area contributed by atoms with Gasteiger partial charge >= 0.3 is 5.63 Å². The number of carbonyl (C=O) groups excluding carboxylic acids is 1. The summed E-state index contributed by atoms with van der Waals surface area (Å²) in [4.78, 5) is 24.8. The summed E-state index contributed by atoms with van der Waals surface area (Å²) < 4.78 is 5.23. The Morgan fingerprint density at radius 1 is 1.16 bits per heavy atom. The number of hydroxylamine groups is 2. The highest BCUT2D eigenvalue weighted by atomic mass is 16.5. The third-order valence-electron chi connectivity index (χ3n) is 4.81. The van der Waals surface area contributed by atoms with Crippen molar-refractivity contribution in [2.24, 2.45) is 0 Å². The summed E-state index contributed by atoms with van der Waals surface area (Å²) in [5.41, 5.74) is -1.40. The van der Waals surface area contributed by atoms with E-state index in [1.54, 1.807) is 24.3 Å². The first kappa shape index (κ1) is 17.6. The number of nitrogens with zero attached hydrogens (tertiary/aromatic N) is 1. The normalized spacial score (nSPS) is 20.5. The zero-order valence-corrected chi connectivity index (χ0v) is 15.0. The van der Waals surface area contributed by atoms with Gasteiger partial charge in [0.2, 0.25) is 0 Å². The number of hydrogen-bond acceptors (Lipinski definition) is 4. The van der Waals surface area contributed by atoms with E-state index < -0.39 is 22.6 Å². The molecular formula is C19H23N2O4. The lowest BCUT2D eigenvalue weighted by Gasteiger charge is -2.49. The predicted octanol–water partition coefficient (Wildman–Crippen LogP) is 2.89. The molecule has 1 aliphatic rings. The maximum Gasteiger partial charge on any atom is 0.349 e. The van der Waals surface area contributed by atoms with Crippen molar-refractivity contribution in [3.8, 4) is 0 Å². The van der Waals surface area contributed by atoms with E-state index in [1.165, 1.54) is 0 Å². The molecule has 2 heterocycles. The van der Waals surface area contributed by atoms with Gasteiger partial charge < -0.3 is 9.73 Å². The molecule has 2 aromatic rings. The van der Waals surface area contributed by atoms with Crippen molar-refractivity contribution in [1.29, 1.82) is 0 Å². The van der Waals surface area contributed by atoms with Crippen LogP contribution in [-0.2, 0) is 5.21 Å². The van der Waals surface area contributed by atoms with Crippen LogP contribution in [0.1, 0.15) is 50.9 Å². The van der Waals surface area contributed by atoms with Crippen molar-refractivity contribution in [2.45, 2.75) is 57.7 Å². The van der Waals surface area contributed by atoms with Gasteiger partial charge in [-0.2, -0.15) is 0 Å². The SMILES string of the molecule is CC1(C)CC(NC(=O)c2cc3ccccc3oc2=O)CC(C)(C)N1[O]. The topological polar surface area (TPSA) is 82.5 Å². The number of nitrogens with one attached hydrogen (secondary N) is 1. The molecule has 0 bridgehead atoms. The Bertz CT molecular complexity index is 851. The number of benzene rings is 1. The molecule has 0 atom stereocenters. The smallest absolute Gasteiger partial charge is 0.349 e. The zero-order chi connectivity index (χ0) is 18.4. The molecule has 25 heavy (non-hydrogen) atoms. The van der Waals surface area contributed by atoms with E-state index in [0.29, 0.717) is 23.8 Å². The Balaban J connectivity index is 1.85. The van der Waals surface area contributed by atoms with Crippen LogP contribution >= 0.6 is 0 Å². The van der Waals surface area contributed by atoms with Gasteiger partial charge in [0, 0.05) is 22.5 Å². The maximum atomic E-state index is 12.6. The van der Waals surface area contributed by atoms with Gasteiger partial charge in [0.15, 0.2) is 0 Å². The Kier molecular flexibility index (Phi) is 4.21. The van der Waals surface area contributed by atoms with Crippen LogP contribution in [0.25, 0.3) is 11.0 Å². The van der Waals surface area contributed by atoms with Gasteiger partial charge in [-0.15, -0.1) is 10.3 Å². The van der Waals surface area contributed by atoms with Gasteiger partial charge in [0.25, 0.3) is 5.91 Å². The number of fused-ring (bicyclic) bond motifs is 1. The van der Waals surface area contributed by atoms with Gasteiger partial charge in [-0.3, -0.25) is 4.79 Å². The molecule has 1 aromatic heterocycles. The molecule has 1 radical (unpaired) electrons. The van der Waals surface area contributed by atoms with Crippen molar-refractivity contribution in [1.82, 2.24) is 10.4 Å². The number of para-hydroxylation sites is 1. The standard InChI is InChI=1S/C19H23N2O4/c1-18(2)10-13(11-19(3,4)21(18)24)20-16(22)14-9-12-7-5-6-8-15(12)25-17(14)23/h5-9,13H,10-11H2,1-4H3,(H,20,22). The average Bonchev–Trinajstić information content (AvgIpc) is 2.51. The van der Waals surface area contributed by atoms with Gasteiger partial charge in [-0.25, -0.2) is 4.79 Å². The van der Waals surface area contributed by atoms with E-state index in [9.17, 15) is 14.8 Å². The van der Waals surface area contributed by atoms with Crippen LogP contribution in [0.5, 0.6) is 0 Å². The summed E-state index contributed by atoms with van der Waals surface area (Å²) in [6.07, 6.45) is 1.04. The van der Waals surface area contributed by atoms with Crippen molar-refractivity contribution in [3.05, 3.63) is 46.3 Å². The molecule has 0 saturated carbocycles. The fourth-order valence-electron chi connectivity index (χ4n) is 3.85. The summed E-state index contributed by atoms with van der Waals surface area (Å²) in [5.74, 6) is -0.463. The average molecular weight is 343 g/mol. The van der Waals surface area contributed by atoms with Crippen LogP contribution in [0.2, 0.25) is 0 Å². The molecule has 0 unspecified atom stereocenters. The van der Waals surface area contributed by atoms with Crippen LogP contribution < -0.4 is 10.9 Å². The fourth-order valence-corrected chi connectivity index (χ4v) is 3.85. The molecule has 1 N–H and O–H groups in total. The first-order chi connectivity index (χ1) is 11.6. The monoisotopic (exact) mass is 343 g/mol. The molecule has 3 rings (SSSR count). The Morgan fingerprint density at radius 2 is 1.76 bits per heavy atom. The number of piperidine rings is 1. The Morgan fingerprint density at radius 3 is 2.40 bits per heavy atom. The Labute approximate surface area is 146 Å². The molecule has 6 heteroatoms. The molecule has 1 aliphatic heterocycles. The van der Waals surface area contributed by atoms with E-state index in [-0.39, 0.29) is 11.6 Å². The highest BCUT2D eigenvalue weighted by Crippen LogP contribution is 2.37. The molecule has 1 fully saturated rings. The molecular weight excluding hydrogens is 320 g/mol. The minimum absolute atomic E-state index is 0.0149.